The van der Waals surface area contributed by atoms with Gasteiger partial charge in [0, 0.05) is 20.8 Å². The highest BCUT2D eigenvalue weighted by Gasteiger charge is 2.15. The summed E-state index contributed by atoms with van der Waals surface area (Å²) in [6.07, 6.45) is 0. The number of aromatic nitrogens is 1. The smallest absolute Gasteiger partial charge is 0.129 e. The fraction of sp³-hybridized carbons (Fsp3) is 0.615. The van der Waals surface area contributed by atoms with Crippen LogP contribution in [0.1, 0.15) is 12.6 Å². The summed E-state index contributed by atoms with van der Waals surface area (Å²) in [6.45, 7) is 4.19. The molecule has 102 valence electrons. The quantitative estimate of drug-likeness (QED) is 0.680. The molecule has 0 aromatic carbocycles. The molecular weight excluding hydrogens is 252 g/mol. The fourth-order valence-corrected chi connectivity index (χ4v) is 1.93. The minimum Gasteiger partial charge on any atom is -0.383 e. The number of hydrogen-bond donors (Lipinski definition) is 0. The summed E-state index contributed by atoms with van der Waals surface area (Å²) in [5, 5.41) is 0. The Balaban J connectivity index is 2.85. The molecule has 1 aromatic rings. The summed E-state index contributed by atoms with van der Waals surface area (Å²) in [4.78, 5) is 6.70. The van der Waals surface area contributed by atoms with Crippen molar-refractivity contribution in [2.24, 2.45) is 0 Å². The third-order valence-corrected chi connectivity index (χ3v) is 2.97. The molecule has 1 unspecified atom stereocenters. The highest BCUT2D eigenvalue weighted by Crippen LogP contribution is 2.15. The van der Waals surface area contributed by atoms with Crippen LogP contribution in [0.15, 0.2) is 18.2 Å². The van der Waals surface area contributed by atoms with Crippen molar-refractivity contribution >= 4 is 17.4 Å². The van der Waals surface area contributed by atoms with Gasteiger partial charge in [0.1, 0.15) is 5.82 Å². The molecule has 0 spiro atoms. The first-order chi connectivity index (χ1) is 8.72. The molecule has 0 radical (unpaired) electrons. The Labute approximate surface area is 114 Å². The van der Waals surface area contributed by atoms with E-state index in [4.69, 9.17) is 21.1 Å². The molecule has 18 heavy (non-hydrogen) atoms. The van der Waals surface area contributed by atoms with Crippen LogP contribution in [0.2, 0.25) is 0 Å². The van der Waals surface area contributed by atoms with E-state index in [1.807, 2.05) is 18.2 Å². The van der Waals surface area contributed by atoms with Crippen molar-refractivity contribution in [1.29, 1.82) is 0 Å². The Kier molecular flexibility index (Phi) is 7.01. The summed E-state index contributed by atoms with van der Waals surface area (Å²) in [7, 11) is 3.40. The Hall–Kier alpha value is -0.840. The largest absolute Gasteiger partial charge is 0.383 e. The number of pyridine rings is 1. The molecule has 0 N–H and O–H groups in total. The van der Waals surface area contributed by atoms with Crippen LogP contribution >= 0.6 is 11.6 Å². The van der Waals surface area contributed by atoms with Gasteiger partial charge in [0.05, 0.1) is 30.8 Å². The average molecular weight is 273 g/mol. The highest BCUT2D eigenvalue weighted by molar-refractivity contribution is 6.16. The third kappa shape index (κ3) is 4.44. The van der Waals surface area contributed by atoms with Gasteiger partial charge in [-0.3, -0.25) is 0 Å². The van der Waals surface area contributed by atoms with E-state index in [0.29, 0.717) is 19.1 Å². The standard InChI is InChI=1S/C13H21ClN2O2/c1-11(10-18-3)16(7-8-17-2)13-6-4-5-12(9-14)15-13/h4-6,11H,7-10H2,1-3H3. The summed E-state index contributed by atoms with van der Waals surface area (Å²) < 4.78 is 10.3. The second kappa shape index (κ2) is 8.29. The minimum absolute atomic E-state index is 0.239. The van der Waals surface area contributed by atoms with Crippen LogP contribution in [-0.4, -0.2) is 45.0 Å². The van der Waals surface area contributed by atoms with Crippen LogP contribution in [0.4, 0.5) is 5.82 Å². The van der Waals surface area contributed by atoms with Crippen molar-refractivity contribution < 1.29 is 9.47 Å². The van der Waals surface area contributed by atoms with Gasteiger partial charge in [0.25, 0.3) is 0 Å². The Morgan fingerprint density at radius 2 is 2.11 bits per heavy atom. The van der Waals surface area contributed by atoms with Gasteiger partial charge in [0.2, 0.25) is 0 Å². The first-order valence-corrected chi connectivity index (χ1v) is 6.52. The van der Waals surface area contributed by atoms with Gasteiger partial charge in [-0.15, -0.1) is 11.6 Å². The van der Waals surface area contributed by atoms with Gasteiger partial charge in [-0.05, 0) is 19.1 Å². The summed E-state index contributed by atoms with van der Waals surface area (Å²) >= 11 is 5.82. The van der Waals surface area contributed by atoms with E-state index in [2.05, 4.69) is 16.8 Å². The lowest BCUT2D eigenvalue weighted by Crippen LogP contribution is -2.39. The highest BCUT2D eigenvalue weighted by atomic mass is 35.5. The normalized spacial score (nSPS) is 12.4. The predicted molar refractivity (Wildman–Crippen MR) is 74.4 cm³/mol. The monoisotopic (exact) mass is 272 g/mol. The van der Waals surface area contributed by atoms with Crippen molar-refractivity contribution in [2.75, 3.05) is 38.9 Å². The molecule has 0 amide bonds. The topological polar surface area (TPSA) is 34.6 Å². The van der Waals surface area contributed by atoms with Crippen LogP contribution in [-0.2, 0) is 15.4 Å². The van der Waals surface area contributed by atoms with Crippen molar-refractivity contribution in [3.8, 4) is 0 Å². The molecule has 0 saturated carbocycles. The summed E-state index contributed by atoms with van der Waals surface area (Å²) in [5.41, 5.74) is 0.876. The molecule has 0 bridgehead atoms. The molecular formula is C13H21ClN2O2. The van der Waals surface area contributed by atoms with E-state index >= 15 is 0 Å². The van der Waals surface area contributed by atoms with Crippen molar-refractivity contribution in [3.63, 3.8) is 0 Å². The molecule has 0 aliphatic heterocycles. The molecule has 0 aliphatic rings. The van der Waals surface area contributed by atoms with Gasteiger partial charge >= 0.3 is 0 Å². The zero-order valence-electron chi connectivity index (χ0n) is 11.2. The van der Waals surface area contributed by atoms with E-state index < -0.39 is 0 Å². The maximum Gasteiger partial charge on any atom is 0.129 e. The Bertz CT molecular complexity index is 350. The van der Waals surface area contributed by atoms with Crippen molar-refractivity contribution in [2.45, 2.75) is 18.8 Å². The maximum absolute atomic E-state index is 5.82. The second-order valence-electron chi connectivity index (χ2n) is 4.11. The van der Waals surface area contributed by atoms with Gasteiger partial charge in [-0.2, -0.15) is 0 Å². The Morgan fingerprint density at radius 3 is 2.72 bits per heavy atom. The van der Waals surface area contributed by atoms with E-state index in [1.54, 1.807) is 14.2 Å². The molecule has 4 nitrogen and oxygen atoms in total. The fourth-order valence-electron chi connectivity index (χ4n) is 1.78. The van der Waals surface area contributed by atoms with Crippen LogP contribution in [0.3, 0.4) is 0 Å². The molecule has 1 heterocycles. The molecule has 1 aromatic heterocycles. The van der Waals surface area contributed by atoms with Crippen LogP contribution < -0.4 is 4.90 Å². The number of nitrogens with zero attached hydrogens (tertiary/aromatic N) is 2. The van der Waals surface area contributed by atoms with E-state index in [1.165, 1.54) is 0 Å². The number of methoxy groups -OCH3 is 2. The van der Waals surface area contributed by atoms with Crippen LogP contribution in [0.25, 0.3) is 0 Å². The first-order valence-electron chi connectivity index (χ1n) is 5.99. The first kappa shape index (κ1) is 15.2. The summed E-state index contributed by atoms with van der Waals surface area (Å²) in [6, 6.07) is 6.12. The number of halogens is 1. The minimum atomic E-state index is 0.239. The van der Waals surface area contributed by atoms with Crippen LogP contribution in [0.5, 0.6) is 0 Å². The van der Waals surface area contributed by atoms with Gasteiger partial charge in [0.15, 0.2) is 0 Å². The number of rotatable bonds is 8. The lowest BCUT2D eigenvalue weighted by molar-refractivity contribution is 0.170. The zero-order chi connectivity index (χ0) is 13.4. The molecule has 0 fully saturated rings. The number of alkyl halides is 1. The van der Waals surface area contributed by atoms with Crippen LogP contribution in [0, 0.1) is 0 Å². The lowest BCUT2D eigenvalue weighted by Gasteiger charge is -2.29. The van der Waals surface area contributed by atoms with E-state index in [-0.39, 0.29) is 6.04 Å². The second-order valence-corrected chi connectivity index (χ2v) is 4.38. The van der Waals surface area contributed by atoms with E-state index in [0.717, 1.165) is 18.1 Å². The van der Waals surface area contributed by atoms with Gasteiger partial charge in [-0.25, -0.2) is 4.98 Å². The van der Waals surface area contributed by atoms with E-state index in [9.17, 15) is 0 Å². The van der Waals surface area contributed by atoms with Crippen molar-refractivity contribution in [3.05, 3.63) is 23.9 Å². The zero-order valence-corrected chi connectivity index (χ0v) is 12.0. The SMILES string of the molecule is COCCN(c1cccc(CCl)n1)C(C)COC. The average Bonchev–Trinajstić information content (AvgIpc) is 2.40. The Morgan fingerprint density at radius 1 is 1.33 bits per heavy atom. The molecule has 1 rings (SSSR count). The molecule has 0 saturated heterocycles. The lowest BCUT2D eigenvalue weighted by atomic mass is 10.2. The third-order valence-electron chi connectivity index (χ3n) is 2.70. The predicted octanol–water partition coefficient (Wildman–Crippen LogP) is 2.31. The maximum atomic E-state index is 5.82. The van der Waals surface area contributed by atoms with Gasteiger partial charge in [-0.1, -0.05) is 6.07 Å². The number of anilines is 1. The molecule has 0 aliphatic carbocycles. The van der Waals surface area contributed by atoms with Gasteiger partial charge < -0.3 is 14.4 Å². The molecule has 5 heteroatoms. The number of ether oxygens (including phenoxy) is 2. The van der Waals surface area contributed by atoms with Crippen molar-refractivity contribution in [1.82, 2.24) is 4.98 Å². The summed E-state index contributed by atoms with van der Waals surface area (Å²) in [5.74, 6) is 1.33. The number of hydrogen-bond acceptors (Lipinski definition) is 4. The molecule has 1 atom stereocenters.